The van der Waals surface area contributed by atoms with Crippen LogP contribution in [0.25, 0.3) is 0 Å². The van der Waals surface area contributed by atoms with Crippen LogP contribution in [0.2, 0.25) is 0 Å². The Morgan fingerprint density at radius 3 is 2.32 bits per heavy atom. The van der Waals surface area contributed by atoms with Gasteiger partial charge in [0, 0.05) is 31.0 Å². The topological polar surface area (TPSA) is 84.7 Å². The molecule has 1 fully saturated rings. The van der Waals surface area contributed by atoms with Crippen molar-refractivity contribution in [2.24, 2.45) is 11.1 Å². The average Bonchev–Trinajstić information content (AvgIpc) is 2.34. The lowest BCUT2D eigenvalue weighted by Gasteiger charge is -2.58. The average molecular weight is 313 g/mol. The molecular formula is C16H31N3O3. The Labute approximate surface area is 133 Å². The largest absolute Gasteiger partial charge is 0.378 e. The number of hydrogen-bond donors (Lipinski definition) is 2. The molecule has 6 nitrogen and oxygen atoms in total. The van der Waals surface area contributed by atoms with E-state index in [0.29, 0.717) is 13.0 Å². The zero-order valence-corrected chi connectivity index (χ0v) is 14.9. The van der Waals surface area contributed by atoms with Crippen molar-refractivity contribution in [1.82, 2.24) is 10.2 Å². The molecule has 1 saturated carbocycles. The van der Waals surface area contributed by atoms with E-state index in [2.05, 4.69) is 5.32 Å². The molecule has 0 saturated heterocycles. The van der Waals surface area contributed by atoms with Gasteiger partial charge in [-0.15, -0.1) is 0 Å². The second kappa shape index (κ2) is 6.16. The van der Waals surface area contributed by atoms with Crippen LogP contribution in [-0.4, -0.2) is 54.1 Å². The summed E-state index contributed by atoms with van der Waals surface area (Å²) in [5, 5.41) is 2.84. The van der Waals surface area contributed by atoms with Crippen LogP contribution in [-0.2, 0) is 14.3 Å². The molecule has 6 heteroatoms. The van der Waals surface area contributed by atoms with Gasteiger partial charge in [0.1, 0.15) is 5.54 Å². The predicted molar refractivity (Wildman–Crippen MR) is 86.3 cm³/mol. The van der Waals surface area contributed by atoms with Crippen LogP contribution in [0.4, 0.5) is 0 Å². The number of carbonyl (C=O) groups excluding carboxylic acids is 2. The molecule has 22 heavy (non-hydrogen) atoms. The van der Waals surface area contributed by atoms with Crippen LogP contribution in [0.1, 0.15) is 48.0 Å². The molecule has 1 aliphatic carbocycles. The van der Waals surface area contributed by atoms with Crippen LogP contribution < -0.4 is 11.1 Å². The van der Waals surface area contributed by atoms with Gasteiger partial charge in [-0.2, -0.15) is 0 Å². The summed E-state index contributed by atoms with van der Waals surface area (Å²) in [4.78, 5) is 26.1. The highest BCUT2D eigenvalue weighted by atomic mass is 16.5. The second-order valence-corrected chi connectivity index (χ2v) is 7.80. The molecule has 2 unspecified atom stereocenters. The lowest BCUT2D eigenvalue weighted by molar-refractivity contribution is -0.178. The third kappa shape index (κ3) is 3.60. The maximum atomic E-state index is 12.7. The Kier molecular flexibility index (Phi) is 5.30. The lowest BCUT2D eigenvalue weighted by atomic mass is 9.54. The van der Waals surface area contributed by atoms with Crippen LogP contribution in [0.5, 0.6) is 0 Å². The van der Waals surface area contributed by atoms with E-state index in [1.54, 1.807) is 7.05 Å². The van der Waals surface area contributed by atoms with E-state index in [1.165, 1.54) is 4.90 Å². The molecule has 1 aliphatic rings. The maximum absolute atomic E-state index is 12.7. The Bertz CT molecular complexity index is 442. The highest BCUT2D eigenvalue weighted by molar-refractivity contribution is 5.92. The van der Waals surface area contributed by atoms with Gasteiger partial charge in [0.2, 0.25) is 11.8 Å². The van der Waals surface area contributed by atoms with Gasteiger partial charge in [-0.05, 0) is 27.7 Å². The molecule has 0 heterocycles. The molecule has 0 aromatic heterocycles. The van der Waals surface area contributed by atoms with Crippen LogP contribution in [0.3, 0.4) is 0 Å². The summed E-state index contributed by atoms with van der Waals surface area (Å²) in [7, 11) is 1.61. The summed E-state index contributed by atoms with van der Waals surface area (Å²) >= 11 is 0. The van der Waals surface area contributed by atoms with Crippen molar-refractivity contribution >= 4 is 11.8 Å². The molecule has 0 aromatic carbocycles. The molecule has 0 radical (unpaired) electrons. The molecule has 128 valence electrons. The van der Waals surface area contributed by atoms with Crippen molar-refractivity contribution < 1.29 is 14.3 Å². The molecular weight excluding hydrogens is 282 g/mol. The normalized spacial score (nSPS) is 27.0. The van der Waals surface area contributed by atoms with Crippen LogP contribution >= 0.6 is 0 Å². The Morgan fingerprint density at radius 1 is 1.36 bits per heavy atom. The zero-order chi connectivity index (χ0) is 17.3. The third-order valence-electron chi connectivity index (χ3n) is 4.45. The van der Waals surface area contributed by atoms with E-state index in [4.69, 9.17) is 10.5 Å². The number of nitrogens with two attached hydrogens (primary N) is 1. The van der Waals surface area contributed by atoms with Gasteiger partial charge in [-0.1, -0.05) is 13.8 Å². The Balaban J connectivity index is 2.70. The van der Waals surface area contributed by atoms with Gasteiger partial charge >= 0.3 is 0 Å². The molecule has 0 spiro atoms. The number of amides is 2. The van der Waals surface area contributed by atoms with Crippen molar-refractivity contribution in [3.63, 3.8) is 0 Å². The number of ether oxygens (including phenoxy) is 1. The van der Waals surface area contributed by atoms with Crippen LogP contribution in [0, 0.1) is 5.41 Å². The zero-order valence-electron chi connectivity index (χ0n) is 14.9. The Hall–Kier alpha value is -1.14. The summed E-state index contributed by atoms with van der Waals surface area (Å²) in [6, 6.07) is 0. The highest BCUT2D eigenvalue weighted by Crippen LogP contribution is 2.50. The molecule has 2 atom stereocenters. The number of hydrogen-bond acceptors (Lipinski definition) is 4. The first kappa shape index (κ1) is 18.9. The van der Waals surface area contributed by atoms with E-state index < -0.39 is 11.0 Å². The monoisotopic (exact) mass is 313 g/mol. The minimum atomic E-state index is -0.983. The molecule has 0 aromatic rings. The Morgan fingerprint density at radius 2 is 1.91 bits per heavy atom. The van der Waals surface area contributed by atoms with Gasteiger partial charge in [0.25, 0.3) is 0 Å². The fraction of sp³-hybridized carbons (Fsp3) is 0.875. The predicted octanol–water partition coefficient (Wildman–Crippen LogP) is 0.892. The number of rotatable bonds is 5. The summed E-state index contributed by atoms with van der Waals surface area (Å²) in [6.07, 6.45) is 0.459. The summed E-state index contributed by atoms with van der Waals surface area (Å²) in [5.41, 5.74) is 4.59. The van der Waals surface area contributed by atoms with E-state index in [0.717, 1.165) is 0 Å². The first-order valence-electron chi connectivity index (χ1n) is 7.82. The lowest BCUT2D eigenvalue weighted by Crippen LogP contribution is -2.76. The van der Waals surface area contributed by atoms with Gasteiger partial charge in [0.05, 0.1) is 12.6 Å². The van der Waals surface area contributed by atoms with E-state index >= 15 is 0 Å². The summed E-state index contributed by atoms with van der Waals surface area (Å²) in [6.45, 7) is 12.1. The number of nitrogens with zero attached hydrogens (tertiary/aromatic N) is 1. The summed E-state index contributed by atoms with van der Waals surface area (Å²) in [5.74, 6) is -0.400. The number of carbonyl (C=O) groups is 2. The first-order chi connectivity index (χ1) is 9.85. The van der Waals surface area contributed by atoms with Crippen molar-refractivity contribution in [3.8, 4) is 0 Å². The van der Waals surface area contributed by atoms with Gasteiger partial charge < -0.3 is 20.7 Å². The minimum Gasteiger partial charge on any atom is -0.378 e. The van der Waals surface area contributed by atoms with E-state index in [-0.39, 0.29) is 30.0 Å². The quantitative estimate of drug-likeness (QED) is 0.789. The fourth-order valence-corrected chi connectivity index (χ4v) is 2.88. The minimum absolute atomic E-state index is 0.00440. The van der Waals surface area contributed by atoms with Gasteiger partial charge in [-0.25, -0.2) is 0 Å². The molecule has 1 rings (SSSR count). The molecule has 0 bridgehead atoms. The van der Waals surface area contributed by atoms with Crippen molar-refractivity contribution in [2.45, 2.75) is 65.1 Å². The van der Waals surface area contributed by atoms with Crippen LogP contribution in [0.15, 0.2) is 0 Å². The number of likely N-dealkylation sites (N-methyl/N-ethyl adjacent to an activating group) is 1. The molecule has 3 N–H and O–H groups in total. The molecule has 2 amide bonds. The number of nitrogens with one attached hydrogen (secondary N) is 1. The fourth-order valence-electron chi connectivity index (χ4n) is 2.88. The smallest absolute Gasteiger partial charge is 0.243 e. The van der Waals surface area contributed by atoms with Gasteiger partial charge in [-0.3, -0.25) is 9.59 Å². The van der Waals surface area contributed by atoms with Crippen molar-refractivity contribution in [3.05, 3.63) is 0 Å². The van der Waals surface area contributed by atoms with E-state index in [9.17, 15) is 9.59 Å². The maximum Gasteiger partial charge on any atom is 0.243 e. The highest BCUT2D eigenvalue weighted by Gasteiger charge is 2.63. The second-order valence-electron chi connectivity index (χ2n) is 7.80. The SMILES string of the molecule is CCOC1CC(N)(C(=O)N(C)CC(=O)NC(C)(C)C)C1(C)C. The van der Waals surface area contributed by atoms with Crippen molar-refractivity contribution in [1.29, 1.82) is 0 Å². The first-order valence-corrected chi connectivity index (χ1v) is 7.82. The summed E-state index contributed by atoms with van der Waals surface area (Å²) < 4.78 is 5.64. The van der Waals surface area contributed by atoms with E-state index in [1.807, 2.05) is 41.5 Å². The third-order valence-corrected chi connectivity index (χ3v) is 4.45. The molecule has 0 aliphatic heterocycles. The van der Waals surface area contributed by atoms with Gasteiger partial charge in [0.15, 0.2) is 0 Å². The standard InChI is InChI=1S/C16H31N3O3/c1-8-22-11-9-16(17,15(11,5)6)13(21)19(7)10-12(20)18-14(2,3)4/h11H,8-10,17H2,1-7H3,(H,18,20). The van der Waals surface area contributed by atoms with Crippen molar-refractivity contribution in [2.75, 3.05) is 20.2 Å².